The van der Waals surface area contributed by atoms with Gasteiger partial charge in [0.2, 0.25) is 0 Å². The molecule has 0 bridgehead atoms. The zero-order chi connectivity index (χ0) is 22.9. The first-order chi connectivity index (χ1) is 16.2. The van der Waals surface area contributed by atoms with Crippen LogP contribution in [-0.2, 0) is 24.2 Å². The van der Waals surface area contributed by atoms with Gasteiger partial charge in [0, 0.05) is 13.1 Å². The van der Waals surface area contributed by atoms with Gasteiger partial charge >= 0.3 is 5.97 Å². The smallest absolute Gasteiger partial charge is 0.307 e. The SMILES string of the molecule is O=C(O)Cc1ccccc1.c1ccc2c(c1)CCC(CNCc1cccc3ccccc13)O2. The summed E-state index contributed by atoms with van der Waals surface area (Å²) in [6.45, 7) is 1.76. The van der Waals surface area contributed by atoms with E-state index in [0.717, 1.165) is 37.2 Å². The lowest BCUT2D eigenvalue weighted by Gasteiger charge is -2.26. The molecule has 2 N–H and O–H groups in total. The normalized spacial score (nSPS) is 14.5. The summed E-state index contributed by atoms with van der Waals surface area (Å²) in [6.07, 6.45) is 2.57. The number of aryl methyl sites for hydroxylation is 1. The summed E-state index contributed by atoms with van der Waals surface area (Å²) < 4.78 is 6.09. The van der Waals surface area contributed by atoms with E-state index >= 15 is 0 Å². The van der Waals surface area contributed by atoms with Crippen molar-refractivity contribution in [3.05, 3.63) is 114 Å². The van der Waals surface area contributed by atoms with Crippen molar-refractivity contribution in [3.8, 4) is 5.75 Å². The van der Waals surface area contributed by atoms with E-state index in [4.69, 9.17) is 9.84 Å². The lowest BCUT2D eigenvalue weighted by Crippen LogP contribution is -2.33. The summed E-state index contributed by atoms with van der Waals surface area (Å²) >= 11 is 0. The number of carbonyl (C=O) groups is 1. The van der Waals surface area contributed by atoms with Crippen molar-refractivity contribution < 1.29 is 14.6 Å². The van der Waals surface area contributed by atoms with Crippen molar-refractivity contribution >= 4 is 16.7 Å². The van der Waals surface area contributed by atoms with Crippen LogP contribution in [-0.4, -0.2) is 23.7 Å². The molecular formula is C29H29NO3. The van der Waals surface area contributed by atoms with E-state index < -0.39 is 5.97 Å². The maximum atomic E-state index is 10.2. The number of fused-ring (bicyclic) bond motifs is 2. The Balaban J connectivity index is 0.000000219. The van der Waals surface area contributed by atoms with Crippen LogP contribution < -0.4 is 10.1 Å². The second-order valence-electron chi connectivity index (χ2n) is 8.21. The molecule has 0 radical (unpaired) electrons. The van der Waals surface area contributed by atoms with Crippen LogP contribution in [0.1, 0.15) is 23.1 Å². The maximum absolute atomic E-state index is 10.2. The Morgan fingerprint density at radius 2 is 1.61 bits per heavy atom. The van der Waals surface area contributed by atoms with E-state index in [-0.39, 0.29) is 12.5 Å². The summed E-state index contributed by atoms with van der Waals surface area (Å²) in [4.78, 5) is 10.2. The van der Waals surface area contributed by atoms with Gasteiger partial charge < -0.3 is 15.2 Å². The Morgan fingerprint density at radius 1 is 0.879 bits per heavy atom. The van der Waals surface area contributed by atoms with Crippen molar-refractivity contribution in [2.45, 2.75) is 31.9 Å². The first kappa shape index (κ1) is 22.6. The zero-order valence-electron chi connectivity index (χ0n) is 18.6. The summed E-state index contributed by atoms with van der Waals surface area (Å²) in [6, 6.07) is 32.6. The van der Waals surface area contributed by atoms with Gasteiger partial charge in [-0.2, -0.15) is 0 Å². The number of para-hydroxylation sites is 1. The molecule has 1 aliphatic rings. The Labute approximate surface area is 194 Å². The fraction of sp³-hybridized carbons (Fsp3) is 0.207. The van der Waals surface area contributed by atoms with Crippen molar-refractivity contribution in [2.75, 3.05) is 6.54 Å². The largest absolute Gasteiger partial charge is 0.489 e. The third-order valence-electron chi connectivity index (χ3n) is 5.77. The molecule has 5 rings (SSSR count). The van der Waals surface area contributed by atoms with Crippen molar-refractivity contribution in [3.63, 3.8) is 0 Å². The van der Waals surface area contributed by atoms with Crippen molar-refractivity contribution in [1.29, 1.82) is 0 Å². The fourth-order valence-electron chi connectivity index (χ4n) is 4.11. The van der Waals surface area contributed by atoms with Gasteiger partial charge in [0.1, 0.15) is 11.9 Å². The second-order valence-corrected chi connectivity index (χ2v) is 8.21. The maximum Gasteiger partial charge on any atom is 0.307 e. The van der Waals surface area contributed by atoms with Crippen LogP contribution in [0.5, 0.6) is 5.75 Å². The summed E-state index contributed by atoms with van der Waals surface area (Å²) in [7, 11) is 0. The number of nitrogens with one attached hydrogen (secondary N) is 1. The Hall–Kier alpha value is -3.63. The highest BCUT2D eigenvalue weighted by molar-refractivity contribution is 5.85. The molecular weight excluding hydrogens is 410 g/mol. The molecule has 1 aliphatic heterocycles. The number of hydrogen-bond donors (Lipinski definition) is 2. The Morgan fingerprint density at radius 3 is 2.45 bits per heavy atom. The van der Waals surface area contributed by atoms with Gasteiger partial charge in [-0.15, -0.1) is 0 Å². The van der Waals surface area contributed by atoms with E-state index in [1.807, 2.05) is 24.3 Å². The highest BCUT2D eigenvalue weighted by atomic mass is 16.5. The van der Waals surface area contributed by atoms with E-state index in [1.165, 1.54) is 21.9 Å². The molecule has 4 nitrogen and oxygen atoms in total. The topological polar surface area (TPSA) is 58.6 Å². The van der Waals surface area contributed by atoms with Gasteiger partial charge in [0.25, 0.3) is 0 Å². The average molecular weight is 440 g/mol. The van der Waals surface area contributed by atoms with E-state index in [2.05, 4.69) is 66.0 Å². The van der Waals surface area contributed by atoms with Gasteiger partial charge in [-0.3, -0.25) is 4.79 Å². The van der Waals surface area contributed by atoms with E-state index in [0.29, 0.717) is 0 Å². The average Bonchev–Trinajstić information content (AvgIpc) is 2.85. The number of aliphatic carboxylic acids is 1. The van der Waals surface area contributed by atoms with E-state index in [1.54, 1.807) is 12.1 Å². The summed E-state index contributed by atoms with van der Waals surface area (Å²) in [5.74, 6) is 0.266. The number of carboxylic acids is 1. The van der Waals surface area contributed by atoms with Gasteiger partial charge in [0.15, 0.2) is 0 Å². The molecule has 0 aromatic heterocycles. The number of carboxylic acid groups (broad SMARTS) is 1. The molecule has 0 aliphatic carbocycles. The molecule has 33 heavy (non-hydrogen) atoms. The van der Waals surface area contributed by atoms with Crippen LogP contribution >= 0.6 is 0 Å². The molecule has 0 saturated carbocycles. The highest BCUT2D eigenvalue weighted by Crippen LogP contribution is 2.26. The first-order valence-corrected chi connectivity index (χ1v) is 11.4. The van der Waals surface area contributed by atoms with Crippen LogP contribution in [0, 0.1) is 0 Å². The van der Waals surface area contributed by atoms with Crippen LogP contribution in [0.3, 0.4) is 0 Å². The summed E-state index contributed by atoms with van der Waals surface area (Å²) in [5.41, 5.74) is 3.52. The number of benzene rings is 4. The van der Waals surface area contributed by atoms with Gasteiger partial charge in [-0.25, -0.2) is 0 Å². The number of ether oxygens (including phenoxy) is 1. The molecule has 4 aromatic carbocycles. The number of hydrogen-bond acceptors (Lipinski definition) is 3. The molecule has 0 saturated heterocycles. The van der Waals surface area contributed by atoms with Crippen molar-refractivity contribution in [1.82, 2.24) is 5.32 Å². The van der Waals surface area contributed by atoms with E-state index in [9.17, 15) is 4.79 Å². The van der Waals surface area contributed by atoms with Gasteiger partial charge in [-0.05, 0) is 46.4 Å². The molecule has 168 valence electrons. The molecule has 1 unspecified atom stereocenters. The Bertz CT molecular complexity index is 1180. The standard InChI is InChI=1S/C21H21NO.C8H8O2/c1-3-10-20-16(6-1)8-5-9-18(20)14-22-15-19-13-12-17-7-2-4-11-21(17)23-19;9-8(10)6-7-4-2-1-3-5-7/h1-11,19,22H,12-15H2;1-5H,6H2,(H,9,10). The monoisotopic (exact) mass is 439 g/mol. The molecule has 0 amide bonds. The lowest BCUT2D eigenvalue weighted by molar-refractivity contribution is -0.136. The third-order valence-corrected chi connectivity index (χ3v) is 5.77. The predicted molar refractivity (Wildman–Crippen MR) is 133 cm³/mol. The fourth-order valence-corrected chi connectivity index (χ4v) is 4.11. The van der Waals surface area contributed by atoms with Crippen LogP contribution in [0.2, 0.25) is 0 Å². The lowest BCUT2D eigenvalue weighted by atomic mass is 10.0. The van der Waals surface area contributed by atoms with Crippen LogP contribution in [0.15, 0.2) is 97.1 Å². The first-order valence-electron chi connectivity index (χ1n) is 11.4. The Kier molecular flexibility index (Phi) is 7.72. The highest BCUT2D eigenvalue weighted by Gasteiger charge is 2.18. The number of rotatable bonds is 6. The molecule has 0 spiro atoms. The predicted octanol–water partition coefficient (Wildman–Crippen LogP) is 5.64. The van der Waals surface area contributed by atoms with Crippen LogP contribution in [0.4, 0.5) is 0 Å². The van der Waals surface area contributed by atoms with Crippen LogP contribution in [0.25, 0.3) is 10.8 Å². The second kappa shape index (κ2) is 11.3. The van der Waals surface area contributed by atoms with Gasteiger partial charge in [-0.1, -0.05) is 91.0 Å². The molecule has 4 aromatic rings. The molecule has 4 heteroatoms. The zero-order valence-corrected chi connectivity index (χ0v) is 18.6. The minimum atomic E-state index is -0.786. The molecule has 0 fully saturated rings. The minimum Gasteiger partial charge on any atom is -0.489 e. The minimum absolute atomic E-state index is 0.112. The molecule has 1 atom stereocenters. The third kappa shape index (κ3) is 6.43. The van der Waals surface area contributed by atoms with Crippen molar-refractivity contribution in [2.24, 2.45) is 0 Å². The molecule has 1 heterocycles. The van der Waals surface area contributed by atoms with Gasteiger partial charge in [0.05, 0.1) is 6.42 Å². The summed E-state index contributed by atoms with van der Waals surface area (Å²) in [5, 5.41) is 14.6. The quantitative estimate of drug-likeness (QED) is 0.408.